The zero-order valence-corrected chi connectivity index (χ0v) is 18.8. The summed E-state index contributed by atoms with van der Waals surface area (Å²) in [4.78, 5) is 41.5. The molecule has 1 heterocycles. The highest BCUT2D eigenvalue weighted by atomic mass is 16.5. The molecule has 1 aliphatic carbocycles. The lowest BCUT2D eigenvalue weighted by Crippen LogP contribution is -2.26. The number of rotatable bonds is 9. The second kappa shape index (κ2) is 10.6. The van der Waals surface area contributed by atoms with E-state index in [2.05, 4.69) is 20.9 Å². The molecule has 2 aromatic carbocycles. The topological polar surface area (TPSA) is 109 Å². The number of aromatic nitrogens is 1. The molecule has 0 aliphatic heterocycles. The van der Waals surface area contributed by atoms with E-state index in [1.54, 1.807) is 36.4 Å². The minimum Gasteiger partial charge on any atom is -0.452 e. The molecule has 0 bridgehead atoms. The second-order valence-corrected chi connectivity index (χ2v) is 8.19. The van der Waals surface area contributed by atoms with Crippen LogP contribution in [0, 0.1) is 6.92 Å². The van der Waals surface area contributed by atoms with Crippen LogP contribution in [0.5, 0.6) is 0 Å². The number of nitrogens with zero attached hydrogens (tertiary/aromatic N) is 1. The van der Waals surface area contributed by atoms with E-state index in [9.17, 15) is 14.4 Å². The van der Waals surface area contributed by atoms with E-state index in [1.807, 2.05) is 31.2 Å². The highest BCUT2D eigenvalue weighted by Crippen LogP contribution is 2.23. The number of pyridine rings is 1. The van der Waals surface area contributed by atoms with Crippen LogP contribution in [0.15, 0.2) is 66.9 Å². The van der Waals surface area contributed by atoms with E-state index in [4.69, 9.17) is 4.74 Å². The molecule has 4 rings (SSSR count). The predicted octanol–water partition coefficient (Wildman–Crippen LogP) is 3.69. The summed E-state index contributed by atoms with van der Waals surface area (Å²) in [6.45, 7) is 1.88. The van der Waals surface area contributed by atoms with Crippen molar-refractivity contribution in [2.45, 2.75) is 32.4 Å². The first-order chi connectivity index (χ1) is 16.5. The summed E-state index contributed by atoms with van der Waals surface area (Å²) < 4.78 is 5.10. The Morgan fingerprint density at radius 3 is 2.47 bits per heavy atom. The zero-order valence-electron chi connectivity index (χ0n) is 18.8. The smallest absolute Gasteiger partial charge is 0.340 e. The van der Waals surface area contributed by atoms with Crippen LogP contribution >= 0.6 is 0 Å². The van der Waals surface area contributed by atoms with Crippen LogP contribution in [0.3, 0.4) is 0 Å². The Balaban J connectivity index is 1.29. The number of aryl methyl sites for hydroxylation is 1. The summed E-state index contributed by atoms with van der Waals surface area (Å²) in [6, 6.07) is 18.3. The van der Waals surface area contributed by atoms with Gasteiger partial charge < -0.3 is 20.7 Å². The number of nitrogens with one attached hydrogen (secondary N) is 3. The first-order valence-corrected chi connectivity index (χ1v) is 11.1. The summed E-state index contributed by atoms with van der Waals surface area (Å²) in [5.74, 6) is -0.814. The van der Waals surface area contributed by atoms with Crippen molar-refractivity contribution in [3.8, 4) is 0 Å². The summed E-state index contributed by atoms with van der Waals surface area (Å²) >= 11 is 0. The van der Waals surface area contributed by atoms with Crippen LogP contribution in [0.2, 0.25) is 0 Å². The van der Waals surface area contributed by atoms with Crippen molar-refractivity contribution >= 4 is 29.3 Å². The van der Waals surface area contributed by atoms with Gasteiger partial charge in [-0.2, -0.15) is 0 Å². The highest BCUT2D eigenvalue weighted by molar-refractivity contribution is 6.04. The molecule has 3 N–H and O–H groups in total. The first-order valence-electron chi connectivity index (χ1n) is 11.1. The Labute approximate surface area is 197 Å². The Kier molecular flexibility index (Phi) is 7.17. The number of ether oxygens (including phenoxy) is 1. The van der Waals surface area contributed by atoms with E-state index in [0.717, 1.165) is 24.0 Å². The molecular formula is C26H26N4O4. The molecule has 1 fully saturated rings. The Hall–Kier alpha value is -4.20. The standard InChI is InChI=1S/C26H26N4O4/c1-17-6-8-18(9-7-17)14-28-25(32)21-4-2-3-5-22(21)30-24(31)16-34-26(33)19-10-13-23(27-15-19)29-20-11-12-20/h2-10,13,15,20H,11-12,14,16H2,1H3,(H,27,29)(H,28,32)(H,30,31). The number of benzene rings is 2. The molecule has 2 amide bonds. The molecule has 1 aliphatic rings. The van der Waals surface area contributed by atoms with Crippen LogP contribution in [0.25, 0.3) is 0 Å². The molecule has 174 valence electrons. The molecule has 0 radical (unpaired) electrons. The molecule has 0 unspecified atom stereocenters. The summed E-state index contributed by atoms with van der Waals surface area (Å²) in [7, 11) is 0. The maximum atomic E-state index is 12.7. The first kappa shape index (κ1) is 23.0. The van der Waals surface area contributed by atoms with E-state index in [0.29, 0.717) is 29.7 Å². The number of hydrogen-bond donors (Lipinski definition) is 3. The quantitative estimate of drug-likeness (QED) is 0.422. The third-order valence-corrected chi connectivity index (χ3v) is 5.28. The Morgan fingerprint density at radius 2 is 1.76 bits per heavy atom. The van der Waals surface area contributed by atoms with Gasteiger partial charge in [-0.15, -0.1) is 0 Å². The number of amides is 2. The Morgan fingerprint density at radius 1 is 1.00 bits per heavy atom. The number of carbonyl (C=O) groups is 3. The van der Waals surface area contributed by atoms with E-state index >= 15 is 0 Å². The van der Waals surface area contributed by atoms with Gasteiger partial charge in [-0.25, -0.2) is 9.78 Å². The number of esters is 1. The van der Waals surface area contributed by atoms with Crippen LogP contribution in [0.1, 0.15) is 44.7 Å². The minimum atomic E-state index is -0.648. The van der Waals surface area contributed by atoms with Crippen LogP contribution in [0.4, 0.5) is 11.5 Å². The molecular weight excluding hydrogens is 432 g/mol. The zero-order chi connectivity index (χ0) is 23.9. The molecule has 34 heavy (non-hydrogen) atoms. The van der Waals surface area contributed by atoms with Gasteiger partial charge in [0.25, 0.3) is 11.8 Å². The lowest BCUT2D eigenvalue weighted by atomic mass is 10.1. The minimum absolute atomic E-state index is 0.255. The number of carbonyl (C=O) groups excluding carboxylic acids is 3. The van der Waals surface area contributed by atoms with Crippen LogP contribution in [-0.4, -0.2) is 35.4 Å². The fraction of sp³-hybridized carbons (Fsp3) is 0.231. The summed E-state index contributed by atoms with van der Waals surface area (Å²) in [5, 5.41) is 8.73. The fourth-order valence-electron chi connectivity index (χ4n) is 3.21. The fourth-order valence-corrected chi connectivity index (χ4v) is 3.21. The normalized spacial score (nSPS) is 12.5. The molecule has 0 atom stereocenters. The van der Waals surface area contributed by atoms with Gasteiger partial charge >= 0.3 is 5.97 Å². The molecule has 3 aromatic rings. The Bertz CT molecular complexity index is 1170. The maximum Gasteiger partial charge on any atom is 0.340 e. The third kappa shape index (κ3) is 6.41. The number of hydrogen-bond acceptors (Lipinski definition) is 6. The average molecular weight is 459 g/mol. The van der Waals surface area contributed by atoms with Gasteiger partial charge in [-0.1, -0.05) is 42.0 Å². The lowest BCUT2D eigenvalue weighted by Gasteiger charge is -2.12. The van der Waals surface area contributed by atoms with E-state index in [1.165, 1.54) is 6.20 Å². The van der Waals surface area contributed by atoms with Gasteiger partial charge in [-0.3, -0.25) is 9.59 Å². The van der Waals surface area contributed by atoms with Gasteiger partial charge in [0.15, 0.2) is 6.61 Å². The molecule has 0 spiro atoms. The third-order valence-electron chi connectivity index (χ3n) is 5.28. The molecule has 1 saturated carbocycles. The number of para-hydroxylation sites is 1. The molecule has 0 saturated heterocycles. The molecule has 8 heteroatoms. The van der Waals surface area contributed by atoms with Gasteiger partial charge in [-0.05, 0) is 49.6 Å². The van der Waals surface area contributed by atoms with Crippen molar-refractivity contribution in [3.05, 3.63) is 89.1 Å². The largest absolute Gasteiger partial charge is 0.452 e. The lowest BCUT2D eigenvalue weighted by molar-refractivity contribution is -0.119. The van der Waals surface area contributed by atoms with Gasteiger partial charge in [0.05, 0.1) is 16.8 Å². The monoisotopic (exact) mass is 458 g/mol. The average Bonchev–Trinajstić information content (AvgIpc) is 3.67. The number of anilines is 2. The summed E-state index contributed by atoms with van der Waals surface area (Å²) in [5.41, 5.74) is 3.02. The maximum absolute atomic E-state index is 12.7. The van der Waals surface area contributed by atoms with Gasteiger partial charge in [0.2, 0.25) is 0 Å². The van der Waals surface area contributed by atoms with Crippen molar-refractivity contribution in [3.63, 3.8) is 0 Å². The SMILES string of the molecule is Cc1ccc(CNC(=O)c2ccccc2NC(=O)COC(=O)c2ccc(NC3CC3)nc2)cc1. The second-order valence-electron chi connectivity index (χ2n) is 8.19. The van der Waals surface area contributed by atoms with Crippen molar-refractivity contribution in [1.29, 1.82) is 0 Å². The predicted molar refractivity (Wildman–Crippen MR) is 129 cm³/mol. The van der Waals surface area contributed by atoms with Crippen LogP contribution in [-0.2, 0) is 16.1 Å². The van der Waals surface area contributed by atoms with Crippen LogP contribution < -0.4 is 16.0 Å². The highest BCUT2D eigenvalue weighted by Gasteiger charge is 2.21. The summed E-state index contributed by atoms with van der Waals surface area (Å²) in [6.07, 6.45) is 3.66. The molecule has 1 aromatic heterocycles. The van der Waals surface area contributed by atoms with Crippen molar-refractivity contribution in [1.82, 2.24) is 10.3 Å². The van der Waals surface area contributed by atoms with Crippen molar-refractivity contribution in [2.75, 3.05) is 17.2 Å². The van der Waals surface area contributed by atoms with E-state index in [-0.39, 0.29) is 11.5 Å². The van der Waals surface area contributed by atoms with Gasteiger partial charge in [0.1, 0.15) is 5.82 Å². The molecule has 8 nitrogen and oxygen atoms in total. The van der Waals surface area contributed by atoms with Crippen molar-refractivity contribution < 1.29 is 19.1 Å². The van der Waals surface area contributed by atoms with Crippen molar-refractivity contribution in [2.24, 2.45) is 0 Å². The van der Waals surface area contributed by atoms with Gasteiger partial charge in [0, 0.05) is 18.8 Å². The van der Waals surface area contributed by atoms with E-state index < -0.39 is 18.5 Å².